The van der Waals surface area contributed by atoms with E-state index < -0.39 is 18.6 Å². The summed E-state index contributed by atoms with van der Waals surface area (Å²) in [5.74, 6) is 0.557. The summed E-state index contributed by atoms with van der Waals surface area (Å²) in [6.07, 6.45) is -4.43. The van der Waals surface area contributed by atoms with Crippen LogP contribution in [0.25, 0.3) is 0 Å². The van der Waals surface area contributed by atoms with Crippen LogP contribution < -0.4 is 10.5 Å². The molecule has 96 valence electrons. The van der Waals surface area contributed by atoms with Gasteiger partial charge in [0.05, 0.1) is 13.0 Å². The SMILES string of the molecule is CCCOc1cccc([C@@H](N)CC(F)(F)F)c1. The van der Waals surface area contributed by atoms with E-state index in [0.29, 0.717) is 17.9 Å². The van der Waals surface area contributed by atoms with Crippen molar-refractivity contribution in [3.8, 4) is 5.75 Å². The molecule has 0 saturated heterocycles. The van der Waals surface area contributed by atoms with Crippen LogP contribution in [0.3, 0.4) is 0 Å². The third kappa shape index (κ3) is 5.08. The molecule has 1 aromatic carbocycles. The molecule has 0 radical (unpaired) electrons. The minimum absolute atomic E-state index is 0.441. The van der Waals surface area contributed by atoms with Crippen LogP contribution in [0.15, 0.2) is 24.3 Å². The highest BCUT2D eigenvalue weighted by Crippen LogP contribution is 2.29. The molecule has 0 unspecified atom stereocenters. The quantitative estimate of drug-likeness (QED) is 0.865. The summed E-state index contributed by atoms with van der Waals surface area (Å²) in [7, 11) is 0. The minimum Gasteiger partial charge on any atom is -0.494 e. The molecule has 0 aromatic heterocycles. The minimum atomic E-state index is -4.25. The molecule has 2 N–H and O–H groups in total. The number of hydrogen-bond acceptors (Lipinski definition) is 2. The van der Waals surface area contributed by atoms with E-state index in [4.69, 9.17) is 10.5 Å². The van der Waals surface area contributed by atoms with E-state index in [2.05, 4.69) is 0 Å². The summed E-state index contributed by atoms with van der Waals surface area (Å²) in [6, 6.07) is 5.46. The highest BCUT2D eigenvalue weighted by molar-refractivity contribution is 5.30. The predicted octanol–water partition coefficient (Wildman–Crippen LogP) is 3.43. The van der Waals surface area contributed by atoms with Crippen molar-refractivity contribution in [2.75, 3.05) is 6.61 Å². The van der Waals surface area contributed by atoms with E-state index in [0.717, 1.165) is 6.42 Å². The average molecular weight is 247 g/mol. The molecule has 1 aromatic rings. The van der Waals surface area contributed by atoms with Crippen LogP contribution in [0.4, 0.5) is 13.2 Å². The van der Waals surface area contributed by atoms with Crippen LogP contribution >= 0.6 is 0 Å². The lowest BCUT2D eigenvalue weighted by molar-refractivity contribution is -0.138. The largest absolute Gasteiger partial charge is 0.494 e. The first-order valence-corrected chi connectivity index (χ1v) is 5.47. The molecule has 0 aliphatic heterocycles. The van der Waals surface area contributed by atoms with E-state index in [9.17, 15) is 13.2 Å². The fraction of sp³-hybridized carbons (Fsp3) is 0.500. The molecular weight excluding hydrogens is 231 g/mol. The second kappa shape index (κ2) is 5.91. The number of benzene rings is 1. The topological polar surface area (TPSA) is 35.2 Å². The highest BCUT2D eigenvalue weighted by atomic mass is 19.4. The van der Waals surface area contributed by atoms with Crippen molar-refractivity contribution in [1.82, 2.24) is 0 Å². The second-order valence-corrected chi connectivity index (χ2v) is 3.85. The lowest BCUT2D eigenvalue weighted by Gasteiger charge is -2.15. The standard InChI is InChI=1S/C12H16F3NO/c1-2-6-17-10-5-3-4-9(7-10)11(16)8-12(13,14)15/h3-5,7,11H,2,6,8,16H2,1H3/t11-/m0/s1. The van der Waals surface area contributed by atoms with Gasteiger partial charge in [0.1, 0.15) is 5.75 Å². The van der Waals surface area contributed by atoms with Crippen molar-refractivity contribution in [3.63, 3.8) is 0 Å². The van der Waals surface area contributed by atoms with Gasteiger partial charge in [-0.2, -0.15) is 13.2 Å². The van der Waals surface area contributed by atoms with Gasteiger partial charge in [0.2, 0.25) is 0 Å². The fourth-order valence-electron chi connectivity index (χ4n) is 1.42. The fourth-order valence-corrected chi connectivity index (χ4v) is 1.42. The lowest BCUT2D eigenvalue weighted by atomic mass is 10.0. The van der Waals surface area contributed by atoms with Gasteiger partial charge in [-0.15, -0.1) is 0 Å². The van der Waals surface area contributed by atoms with Crippen LogP contribution in [0.2, 0.25) is 0 Å². The molecule has 0 fully saturated rings. The van der Waals surface area contributed by atoms with Gasteiger partial charge in [-0.1, -0.05) is 19.1 Å². The summed E-state index contributed by atoms with van der Waals surface area (Å²) >= 11 is 0. The van der Waals surface area contributed by atoms with Gasteiger partial charge < -0.3 is 10.5 Å². The molecule has 0 heterocycles. The molecule has 0 saturated carbocycles. The molecule has 1 rings (SSSR count). The summed E-state index contributed by atoms with van der Waals surface area (Å²) in [5, 5.41) is 0. The van der Waals surface area contributed by atoms with E-state index in [1.54, 1.807) is 24.3 Å². The maximum absolute atomic E-state index is 12.2. The molecule has 0 bridgehead atoms. The van der Waals surface area contributed by atoms with Crippen molar-refractivity contribution < 1.29 is 17.9 Å². The van der Waals surface area contributed by atoms with Gasteiger partial charge in [-0.25, -0.2) is 0 Å². The zero-order valence-electron chi connectivity index (χ0n) is 9.63. The second-order valence-electron chi connectivity index (χ2n) is 3.85. The van der Waals surface area contributed by atoms with E-state index in [1.165, 1.54) is 0 Å². The van der Waals surface area contributed by atoms with Gasteiger partial charge >= 0.3 is 6.18 Å². The molecular formula is C12H16F3NO. The summed E-state index contributed by atoms with van der Waals surface area (Å²) in [6.45, 7) is 2.50. The third-order valence-electron chi connectivity index (χ3n) is 2.21. The lowest BCUT2D eigenvalue weighted by Crippen LogP contribution is -2.20. The number of alkyl halides is 3. The van der Waals surface area contributed by atoms with Crippen molar-refractivity contribution in [3.05, 3.63) is 29.8 Å². The molecule has 5 heteroatoms. The van der Waals surface area contributed by atoms with Crippen molar-refractivity contribution >= 4 is 0 Å². The van der Waals surface area contributed by atoms with Crippen LogP contribution in [0.5, 0.6) is 5.75 Å². The van der Waals surface area contributed by atoms with Crippen LogP contribution in [0, 0.1) is 0 Å². The molecule has 17 heavy (non-hydrogen) atoms. The zero-order chi connectivity index (χ0) is 12.9. The average Bonchev–Trinajstić information content (AvgIpc) is 2.24. The van der Waals surface area contributed by atoms with Crippen molar-refractivity contribution in [2.45, 2.75) is 32.0 Å². The number of hydrogen-bond donors (Lipinski definition) is 1. The normalized spacial score (nSPS) is 13.5. The molecule has 0 aliphatic carbocycles. The Morgan fingerprint density at radius 1 is 1.35 bits per heavy atom. The van der Waals surface area contributed by atoms with Gasteiger partial charge in [-0.05, 0) is 24.1 Å². The van der Waals surface area contributed by atoms with Crippen LogP contribution in [-0.4, -0.2) is 12.8 Å². The van der Waals surface area contributed by atoms with Crippen molar-refractivity contribution in [1.29, 1.82) is 0 Å². The Morgan fingerprint density at radius 2 is 2.06 bits per heavy atom. The first kappa shape index (κ1) is 13.8. The number of halogens is 3. The smallest absolute Gasteiger partial charge is 0.390 e. The third-order valence-corrected chi connectivity index (χ3v) is 2.21. The molecule has 2 nitrogen and oxygen atoms in total. The van der Waals surface area contributed by atoms with Gasteiger partial charge in [0.25, 0.3) is 0 Å². The number of ether oxygens (including phenoxy) is 1. The molecule has 0 aliphatic rings. The Kier molecular flexibility index (Phi) is 4.81. The Labute approximate surface area is 98.6 Å². The number of nitrogens with two attached hydrogens (primary N) is 1. The van der Waals surface area contributed by atoms with Crippen LogP contribution in [0.1, 0.15) is 31.4 Å². The number of rotatable bonds is 5. The van der Waals surface area contributed by atoms with E-state index in [-0.39, 0.29) is 0 Å². The van der Waals surface area contributed by atoms with Gasteiger partial charge in [0, 0.05) is 6.04 Å². The monoisotopic (exact) mass is 247 g/mol. The zero-order valence-corrected chi connectivity index (χ0v) is 9.63. The highest BCUT2D eigenvalue weighted by Gasteiger charge is 2.30. The Bertz CT molecular complexity index is 352. The van der Waals surface area contributed by atoms with E-state index >= 15 is 0 Å². The van der Waals surface area contributed by atoms with Gasteiger partial charge in [0.15, 0.2) is 0 Å². The maximum Gasteiger partial charge on any atom is 0.390 e. The Hall–Kier alpha value is -1.23. The van der Waals surface area contributed by atoms with Crippen molar-refractivity contribution in [2.24, 2.45) is 5.73 Å². The molecule has 0 spiro atoms. The first-order chi connectivity index (χ1) is 7.92. The Balaban J connectivity index is 2.70. The first-order valence-electron chi connectivity index (χ1n) is 5.47. The van der Waals surface area contributed by atoms with Gasteiger partial charge in [-0.3, -0.25) is 0 Å². The summed E-state index contributed by atoms with van der Waals surface area (Å²) < 4.78 is 41.9. The van der Waals surface area contributed by atoms with E-state index in [1.807, 2.05) is 6.92 Å². The Morgan fingerprint density at radius 3 is 2.65 bits per heavy atom. The van der Waals surface area contributed by atoms with Crippen LogP contribution in [-0.2, 0) is 0 Å². The summed E-state index contributed by atoms with van der Waals surface area (Å²) in [4.78, 5) is 0. The molecule has 0 amide bonds. The maximum atomic E-state index is 12.2. The predicted molar refractivity (Wildman–Crippen MR) is 59.8 cm³/mol. The molecule has 1 atom stereocenters. The summed E-state index contributed by atoms with van der Waals surface area (Å²) in [5.41, 5.74) is 5.94.